The van der Waals surface area contributed by atoms with Crippen molar-refractivity contribution in [3.8, 4) is 0 Å². The van der Waals surface area contributed by atoms with E-state index >= 15 is 0 Å². The summed E-state index contributed by atoms with van der Waals surface area (Å²) in [5, 5.41) is 14.5. The molecule has 5 unspecified atom stereocenters. The Morgan fingerprint density at radius 3 is 2.53 bits per heavy atom. The molecule has 1 amide bonds. The molecule has 2 aromatic rings. The first-order valence-corrected chi connectivity index (χ1v) is 17.2. The number of fused-ring (bicyclic) bond motifs is 2. The van der Waals surface area contributed by atoms with Gasteiger partial charge in [-0.3, -0.25) is 4.99 Å². The van der Waals surface area contributed by atoms with Crippen molar-refractivity contribution < 1.29 is 37.3 Å². The summed E-state index contributed by atoms with van der Waals surface area (Å²) >= 11 is 0. The molecule has 3 fully saturated rings. The zero-order valence-electron chi connectivity index (χ0n) is 25.9. The molecule has 0 spiro atoms. The highest BCUT2D eigenvalue weighted by Gasteiger charge is 2.53. The molecule has 3 bridgehead atoms. The SMILES string of the molecule is CC1=NCC(c2ccc(S(=O)(=O)N(CC(C)C)C[C@@H](O)[C@H](Cc3ccccc3)NC(=O)OC3C4CC5C[C@@H]3COC5O4)cc2)O1. The summed E-state index contributed by atoms with van der Waals surface area (Å²) in [6.07, 6.45) is -1.04. The summed E-state index contributed by atoms with van der Waals surface area (Å²) in [5.74, 6) is 0.994. The van der Waals surface area contributed by atoms with Gasteiger partial charge >= 0.3 is 6.09 Å². The Morgan fingerprint density at radius 1 is 1.09 bits per heavy atom. The van der Waals surface area contributed by atoms with Gasteiger partial charge in [-0.15, -0.1) is 0 Å². The minimum Gasteiger partial charge on any atom is -0.471 e. The number of amides is 1. The van der Waals surface area contributed by atoms with E-state index in [0.717, 1.165) is 24.0 Å². The molecule has 2 saturated heterocycles. The molecular formula is C33H43N3O8S. The van der Waals surface area contributed by atoms with Crippen molar-refractivity contribution in [3.05, 3.63) is 65.7 Å². The Labute approximate surface area is 265 Å². The van der Waals surface area contributed by atoms with E-state index < -0.39 is 34.4 Å². The predicted molar refractivity (Wildman–Crippen MR) is 166 cm³/mol. The summed E-state index contributed by atoms with van der Waals surface area (Å²) in [5.41, 5.74) is 1.72. The maximum absolute atomic E-state index is 13.9. The molecule has 2 N–H and O–H groups in total. The lowest BCUT2D eigenvalue weighted by molar-refractivity contribution is -0.153. The number of ether oxygens (including phenoxy) is 4. The number of rotatable bonds is 12. The highest BCUT2D eigenvalue weighted by atomic mass is 32.2. The molecule has 11 nitrogen and oxygen atoms in total. The standard InChI is InChI=1S/C33H43N3O8S/c1-20(2)17-36(45(39,40)26-11-9-23(10-12-26)30-16-34-21(3)42-30)18-28(37)27(13-22-7-5-4-6-8-22)35-33(38)44-31-25-14-24-15-29(31)43-32(24)41-19-25/h4-12,20,24-25,27-32,37H,13-19H2,1-3H3,(H,35,38)/t24?,25-,27+,28-,29?,30?,31?,32?/m1/s1. The van der Waals surface area contributed by atoms with Crippen LogP contribution in [0.3, 0.4) is 0 Å². The zero-order chi connectivity index (χ0) is 31.7. The fourth-order valence-corrected chi connectivity index (χ4v) is 8.49. The van der Waals surface area contributed by atoms with E-state index in [1.807, 2.05) is 44.2 Å². The molecule has 0 radical (unpaired) electrons. The number of aliphatic hydroxyl groups excluding tert-OH is 1. The fourth-order valence-electron chi connectivity index (χ4n) is 6.87. The van der Waals surface area contributed by atoms with Crippen LogP contribution >= 0.6 is 0 Å². The molecule has 45 heavy (non-hydrogen) atoms. The van der Waals surface area contributed by atoms with Gasteiger partial charge in [0.05, 0.1) is 36.3 Å². The normalized spacial score (nSPS) is 28.5. The van der Waals surface area contributed by atoms with Crippen molar-refractivity contribution in [2.45, 2.75) is 81.7 Å². The molecule has 12 heteroatoms. The van der Waals surface area contributed by atoms with E-state index in [9.17, 15) is 18.3 Å². The number of carbonyl (C=O) groups is 1. The van der Waals surface area contributed by atoms with Crippen LogP contribution in [0.5, 0.6) is 0 Å². The summed E-state index contributed by atoms with van der Waals surface area (Å²) < 4.78 is 52.6. The Balaban J connectivity index is 1.17. The number of nitrogens with zero attached hydrogens (tertiary/aromatic N) is 2. The number of hydrogen-bond acceptors (Lipinski definition) is 9. The first-order valence-electron chi connectivity index (χ1n) is 15.8. The molecule has 2 aromatic carbocycles. The van der Waals surface area contributed by atoms with Crippen molar-refractivity contribution in [2.75, 3.05) is 26.2 Å². The third kappa shape index (κ3) is 7.20. The largest absolute Gasteiger partial charge is 0.471 e. The maximum atomic E-state index is 13.9. The average molecular weight is 642 g/mol. The Kier molecular flexibility index (Phi) is 9.49. The van der Waals surface area contributed by atoms with Crippen LogP contribution in [-0.2, 0) is 35.4 Å². The lowest BCUT2D eigenvalue weighted by Crippen LogP contribution is -2.53. The third-order valence-corrected chi connectivity index (χ3v) is 10.9. The van der Waals surface area contributed by atoms with Crippen LogP contribution in [0.15, 0.2) is 64.5 Å². The molecule has 3 aliphatic heterocycles. The van der Waals surface area contributed by atoms with Gasteiger partial charge < -0.3 is 29.4 Å². The van der Waals surface area contributed by atoms with Crippen LogP contribution in [0.1, 0.15) is 50.8 Å². The van der Waals surface area contributed by atoms with E-state index in [2.05, 4.69) is 10.3 Å². The van der Waals surface area contributed by atoms with Gasteiger partial charge in [-0.05, 0) is 48.4 Å². The minimum absolute atomic E-state index is 0.0113. The second kappa shape index (κ2) is 13.4. The Morgan fingerprint density at radius 2 is 1.84 bits per heavy atom. The highest BCUT2D eigenvalue weighted by molar-refractivity contribution is 7.89. The van der Waals surface area contributed by atoms with Gasteiger partial charge in [-0.1, -0.05) is 56.3 Å². The Bertz CT molecular complexity index is 1460. The van der Waals surface area contributed by atoms with Gasteiger partial charge in [0, 0.05) is 31.8 Å². The molecule has 1 saturated carbocycles. The number of nitrogens with one attached hydrogen (secondary N) is 1. The van der Waals surface area contributed by atoms with Crippen LogP contribution in [0, 0.1) is 17.8 Å². The van der Waals surface area contributed by atoms with Gasteiger partial charge in [0.1, 0.15) is 12.2 Å². The summed E-state index contributed by atoms with van der Waals surface area (Å²) in [6, 6.07) is 15.3. The first-order chi connectivity index (χ1) is 21.6. The van der Waals surface area contributed by atoms with E-state index in [1.165, 1.54) is 4.31 Å². The fraction of sp³-hybridized carbons (Fsp3) is 0.576. The van der Waals surface area contributed by atoms with Gasteiger partial charge in [-0.2, -0.15) is 4.31 Å². The lowest BCUT2D eigenvalue weighted by Gasteiger charge is -2.37. The third-order valence-electron chi connectivity index (χ3n) is 9.09. The molecule has 1 aliphatic carbocycles. The molecule has 6 rings (SSSR count). The number of aliphatic imine (C=N–C) groups is 1. The lowest BCUT2D eigenvalue weighted by atomic mass is 9.78. The molecule has 4 aliphatic rings. The van der Waals surface area contributed by atoms with E-state index in [4.69, 9.17) is 18.9 Å². The summed E-state index contributed by atoms with van der Waals surface area (Å²) in [4.78, 5) is 17.7. The van der Waals surface area contributed by atoms with E-state index in [-0.39, 0.29) is 54.7 Å². The average Bonchev–Trinajstić information content (AvgIpc) is 3.58. The molecule has 244 valence electrons. The van der Waals surface area contributed by atoms with Crippen LogP contribution in [-0.4, -0.2) is 86.7 Å². The Hall–Kier alpha value is -3.03. The van der Waals surface area contributed by atoms with Gasteiger partial charge in [0.2, 0.25) is 10.0 Å². The van der Waals surface area contributed by atoms with Gasteiger partial charge in [0.15, 0.2) is 12.2 Å². The van der Waals surface area contributed by atoms with Gasteiger partial charge in [0.25, 0.3) is 0 Å². The summed E-state index contributed by atoms with van der Waals surface area (Å²) in [7, 11) is -3.98. The van der Waals surface area contributed by atoms with Gasteiger partial charge in [-0.25, -0.2) is 13.2 Å². The van der Waals surface area contributed by atoms with E-state index in [1.54, 1.807) is 31.2 Å². The van der Waals surface area contributed by atoms with Crippen LogP contribution in [0.4, 0.5) is 4.79 Å². The topological polar surface area (TPSA) is 136 Å². The number of benzene rings is 2. The van der Waals surface area contributed by atoms with Crippen molar-refractivity contribution in [3.63, 3.8) is 0 Å². The number of alkyl carbamates (subject to hydrolysis) is 1. The molecule has 3 heterocycles. The van der Waals surface area contributed by atoms with Crippen molar-refractivity contribution in [2.24, 2.45) is 22.7 Å². The number of hydrogen-bond donors (Lipinski definition) is 2. The second-order valence-corrected chi connectivity index (χ2v) is 14.9. The van der Waals surface area contributed by atoms with Crippen molar-refractivity contribution in [1.29, 1.82) is 0 Å². The minimum atomic E-state index is -3.98. The number of sulfonamides is 1. The molecule has 0 aromatic heterocycles. The van der Waals surface area contributed by atoms with Crippen LogP contribution < -0.4 is 5.32 Å². The quantitative estimate of drug-likeness (QED) is 0.359. The van der Waals surface area contributed by atoms with Crippen molar-refractivity contribution in [1.82, 2.24) is 9.62 Å². The molecular weight excluding hydrogens is 598 g/mol. The summed E-state index contributed by atoms with van der Waals surface area (Å²) in [6.45, 7) is 6.58. The monoisotopic (exact) mass is 641 g/mol. The van der Waals surface area contributed by atoms with Crippen molar-refractivity contribution >= 4 is 22.0 Å². The smallest absolute Gasteiger partial charge is 0.407 e. The zero-order valence-corrected chi connectivity index (χ0v) is 26.8. The number of aliphatic hydroxyl groups is 1. The number of carbonyl (C=O) groups excluding carboxylic acids is 1. The first kappa shape index (κ1) is 31.9. The predicted octanol–water partition coefficient (Wildman–Crippen LogP) is 3.67. The van der Waals surface area contributed by atoms with E-state index in [0.29, 0.717) is 25.0 Å². The second-order valence-electron chi connectivity index (χ2n) is 13.0. The van der Waals surface area contributed by atoms with Crippen LogP contribution in [0.25, 0.3) is 0 Å². The van der Waals surface area contributed by atoms with Crippen LogP contribution in [0.2, 0.25) is 0 Å². The molecule has 8 atom stereocenters. The highest BCUT2D eigenvalue weighted by Crippen LogP contribution is 2.46. The maximum Gasteiger partial charge on any atom is 0.407 e.